The summed E-state index contributed by atoms with van der Waals surface area (Å²) in [7, 11) is 5.63. The van der Waals surface area contributed by atoms with E-state index in [2.05, 4.69) is 24.2 Å². The highest BCUT2D eigenvalue weighted by Crippen LogP contribution is 2.35. The Morgan fingerprint density at radius 1 is 1.43 bits per heavy atom. The molecule has 0 saturated heterocycles. The van der Waals surface area contributed by atoms with Crippen LogP contribution in [0.2, 0.25) is 0 Å². The van der Waals surface area contributed by atoms with Crippen molar-refractivity contribution in [3.05, 3.63) is 29.6 Å². The summed E-state index contributed by atoms with van der Waals surface area (Å²) >= 11 is 0. The molecule has 0 aromatic heterocycles. The number of hydrogen-bond donors (Lipinski definition) is 1. The number of halogens is 1. The fourth-order valence-electron chi connectivity index (χ4n) is 2.94. The lowest BCUT2D eigenvalue weighted by Gasteiger charge is -2.27. The van der Waals surface area contributed by atoms with Crippen LogP contribution < -0.4 is 10.1 Å². The number of methoxy groups -OCH3 is 1. The average Bonchev–Trinajstić information content (AvgIpc) is 3.32. The second kappa shape index (κ2) is 7.23. The summed E-state index contributed by atoms with van der Waals surface area (Å²) in [5.74, 6) is 1.27. The molecule has 1 saturated carbocycles. The van der Waals surface area contributed by atoms with Gasteiger partial charge in [-0.3, -0.25) is 0 Å². The van der Waals surface area contributed by atoms with Crippen molar-refractivity contribution in [3.63, 3.8) is 0 Å². The van der Waals surface area contributed by atoms with Gasteiger partial charge in [0.1, 0.15) is 11.6 Å². The van der Waals surface area contributed by atoms with Gasteiger partial charge in [0.2, 0.25) is 0 Å². The molecule has 0 spiro atoms. The van der Waals surface area contributed by atoms with Crippen LogP contribution in [-0.4, -0.2) is 38.7 Å². The molecule has 0 radical (unpaired) electrons. The lowest BCUT2D eigenvalue weighted by Crippen LogP contribution is -2.33. The van der Waals surface area contributed by atoms with Gasteiger partial charge in [-0.25, -0.2) is 4.39 Å². The van der Waals surface area contributed by atoms with Crippen LogP contribution in [0.1, 0.15) is 37.8 Å². The number of nitrogens with one attached hydrogen (secondary N) is 1. The minimum atomic E-state index is -0.202. The Morgan fingerprint density at radius 3 is 2.71 bits per heavy atom. The highest BCUT2D eigenvalue weighted by atomic mass is 19.1. The van der Waals surface area contributed by atoms with E-state index in [-0.39, 0.29) is 11.9 Å². The van der Waals surface area contributed by atoms with E-state index < -0.39 is 0 Å². The summed E-state index contributed by atoms with van der Waals surface area (Å²) in [4.78, 5) is 2.38. The van der Waals surface area contributed by atoms with Crippen molar-refractivity contribution in [3.8, 4) is 5.75 Å². The second-order valence-corrected chi connectivity index (χ2v) is 6.04. The van der Waals surface area contributed by atoms with Crippen LogP contribution in [0.5, 0.6) is 5.75 Å². The van der Waals surface area contributed by atoms with Crippen molar-refractivity contribution in [2.45, 2.75) is 38.3 Å². The van der Waals surface area contributed by atoms with Gasteiger partial charge >= 0.3 is 0 Å². The molecule has 3 nitrogen and oxygen atoms in total. The number of rotatable bonds is 8. The molecule has 1 aliphatic rings. The van der Waals surface area contributed by atoms with Crippen molar-refractivity contribution < 1.29 is 9.13 Å². The molecule has 1 aliphatic carbocycles. The van der Waals surface area contributed by atoms with Crippen molar-refractivity contribution in [2.75, 3.05) is 27.7 Å². The van der Waals surface area contributed by atoms with Gasteiger partial charge in [-0.05, 0) is 64.9 Å². The summed E-state index contributed by atoms with van der Waals surface area (Å²) in [5, 5.41) is 3.23. The van der Waals surface area contributed by atoms with Crippen LogP contribution in [0.15, 0.2) is 18.2 Å². The standard InChI is InChI=1S/C17H27FN2O/c1-12(13-8-9-13)20(3)11-10-15(19-2)17-14(18)6-5-7-16(17)21-4/h5-7,12-13,15,19H,8-11H2,1-4H3. The van der Waals surface area contributed by atoms with Crippen LogP contribution >= 0.6 is 0 Å². The molecular weight excluding hydrogens is 267 g/mol. The highest BCUT2D eigenvalue weighted by Gasteiger charge is 2.30. The smallest absolute Gasteiger partial charge is 0.131 e. The first-order valence-electron chi connectivity index (χ1n) is 7.78. The summed E-state index contributed by atoms with van der Waals surface area (Å²) in [6, 6.07) is 5.59. The number of benzene rings is 1. The van der Waals surface area contributed by atoms with Crippen LogP contribution in [0.25, 0.3) is 0 Å². The molecule has 0 heterocycles. The molecule has 118 valence electrons. The normalized spacial score (nSPS) is 17.8. The number of nitrogens with zero attached hydrogens (tertiary/aromatic N) is 1. The molecule has 1 aromatic rings. The van der Waals surface area contributed by atoms with E-state index in [0.717, 1.165) is 18.9 Å². The Bertz CT molecular complexity index is 462. The molecule has 1 fully saturated rings. The maximum absolute atomic E-state index is 14.2. The molecule has 0 amide bonds. The van der Waals surface area contributed by atoms with Crippen molar-refractivity contribution in [1.29, 1.82) is 0 Å². The van der Waals surface area contributed by atoms with Crippen LogP contribution in [0.3, 0.4) is 0 Å². The third kappa shape index (κ3) is 3.95. The van der Waals surface area contributed by atoms with Crippen LogP contribution in [0.4, 0.5) is 4.39 Å². The maximum atomic E-state index is 14.2. The Morgan fingerprint density at radius 2 is 2.14 bits per heavy atom. The van der Waals surface area contributed by atoms with E-state index in [1.54, 1.807) is 13.2 Å². The first-order chi connectivity index (χ1) is 10.1. The van der Waals surface area contributed by atoms with E-state index in [4.69, 9.17) is 4.74 Å². The summed E-state index contributed by atoms with van der Waals surface area (Å²) in [5.41, 5.74) is 0.634. The van der Waals surface area contributed by atoms with Gasteiger partial charge in [0, 0.05) is 17.6 Å². The van der Waals surface area contributed by atoms with Crippen LogP contribution in [-0.2, 0) is 0 Å². The minimum Gasteiger partial charge on any atom is -0.496 e. The first-order valence-corrected chi connectivity index (χ1v) is 7.78. The zero-order chi connectivity index (χ0) is 15.4. The molecule has 1 aromatic carbocycles. The van der Waals surface area contributed by atoms with Gasteiger partial charge in [-0.1, -0.05) is 6.07 Å². The molecule has 2 atom stereocenters. The lowest BCUT2D eigenvalue weighted by molar-refractivity contribution is 0.222. The van der Waals surface area contributed by atoms with E-state index in [0.29, 0.717) is 17.4 Å². The molecule has 2 rings (SSSR count). The van der Waals surface area contributed by atoms with Crippen LogP contribution in [0, 0.1) is 11.7 Å². The highest BCUT2D eigenvalue weighted by molar-refractivity contribution is 5.37. The maximum Gasteiger partial charge on any atom is 0.131 e. The quantitative estimate of drug-likeness (QED) is 0.797. The summed E-state index contributed by atoms with van der Waals surface area (Å²) in [6.07, 6.45) is 3.56. The van der Waals surface area contributed by atoms with E-state index >= 15 is 0 Å². The molecule has 0 aliphatic heterocycles. The average molecular weight is 294 g/mol. The van der Waals surface area contributed by atoms with Crippen molar-refractivity contribution in [1.82, 2.24) is 10.2 Å². The van der Waals surface area contributed by atoms with Gasteiger partial charge in [0.15, 0.2) is 0 Å². The Labute approximate surface area is 127 Å². The molecule has 4 heteroatoms. The zero-order valence-electron chi connectivity index (χ0n) is 13.5. The molecule has 2 unspecified atom stereocenters. The summed E-state index contributed by atoms with van der Waals surface area (Å²) in [6.45, 7) is 3.23. The third-order valence-corrected chi connectivity index (χ3v) is 4.70. The topological polar surface area (TPSA) is 24.5 Å². The summed E-state index contributed by atoms with van der Waals surface area (Å²) < 4.78 is 19.5. The SMILES string of the molecule is CNC(CCN(C)C(C)C1CC1)c1c(F)cccc1OC. The predicted molar refractivity (Wildman–Crippen MR) is 84.2 cm³/mol. The lowest BCUT2D eigenvalue weighted by atomic mass is 10.0. The monoisotopic (exact) mass is 294 g/mol. The molecule has 1 N–H and O–H groups in total. The van der Waals surface area contributed by atoms with Gasteiger partial charge in [0.05, 0.1) is 7.11 Å². The number of ether oxygens (including phenoxy) is 1. The van der Waals surface area contributed by atoms with Gasteiger partial charge in [-0.15, -0.1) is 0 Å². The zero-order valence-corrected chi connectivity index (χ0v) is 13.5. The fourth-order valence-corrected chi connectivity index (χ4v) is 2.94. The Hall–Kier alpha value is -1.13. The third-order valence-electron chi connectivity index (χ3n) is 4.70. The van der Waals surface area contributed by atoms with Crippen molar-refractivity contribution in [2.24, 2.45) is 5.92 Å². The van der Waals surface area contributed by atoms with Crippen molar-refractivity contribution >= 4 is 0 Å². The van der Waals surface area contributed by atoms with Gasteiger partial charge in [0.25, 0.3) is 0 Å². The minimum absolute atomic E-state index is 0.0324. The molecule has 21 heavy (non-hydrogen) atoms. The van der Waals surface area contributed by atoms with E-state index in [1.807, 2.05) is 13.1 Å². The number of hydrogen-bond acceptors (Lipinski definition) is 3. The Balaban J connectivity index is 2.02. The fraction of sp³-hybridized carbons (Fsp3) is 0.647. The molecular formula is C17H27FN2O. The first kappa shape index (κ1) is 16.2. The van der Waals surface area contributed by atoms with Gasteiger partial charge < -0.3 is 15.0 Å². The Kier molecular flexibility index (Phi) is 5.59. The van der Waals surface area contributed by atoms with E-state index in [1.165, 1.54) is 18.9 Å². The second-order valence-electron chi connectivity index (χ2n) is 6.04. The predicted octanol–water partition coefficient (Wildman–Crippen LogP) is 3.22. The largest absolute Gasteiger partial charge is 0.496 e. The molecule has 0 bridgehead atoms. The van der Waals surface area contributed by atoms with E-state index in [9.17, 15) is 4.39 Å². The van der Waals surface area contributed by atoms with Gasteiger partial charge in [-0.2, -0.15) is 0 Å².